The van der Waals surface area contributed by atoms with Gasteiger partial charge in [-0.2, -0.15) is 0 Å². The Morgan fingerprint density at radius 3 is 2.40 bits per heavy atom. The number of nitrogen functional groups attached to an aromatic ring is 1. The Kier molecular flexibility index (Phi) is 4.74. The van der Waals surface area contributed by atoms with Gasteiger partial charge in [-0.25, -0.2) is 0 Å². The van der Waals surface area contributed by atoms with Crippen molar-refractivity contribution in [3.05, 3.63) is 65.2 Å². The highest BCUT2D eigenvalue weighted by Gasteiger charge is 2.02. The number of benzene rings is 2. The molecule has 0 unspecified atom stereocenters. The first-order valence-electron chi connectivity index (χ1n) is 6.33. The molecule has 4 heteroatoms. The SMILES string of the molecule is COc1ccccc1COCc1ccc(C(=N)N)cc1. The van der Waals surface area contributed by atoms with E-state index in [0.29, 0.717) is 13.2 Å². The summed E-state index contributed by atoms with van der Waals surface area (Å²) in [6.45, 7) is 1.01. The Balaban J connectivity index is 1.91. The Morgan fingerprint density at radius 1 is 1.05 bits per heavy atom. The molecule has 0 aliphatic heterocycles. The minimum atomic E-state index is 0.0755. The minimum Gasteiger partial charge on any atom is -0.496 e. The third-order valence-electron chi connectivity index (χ3n) is 2.98. The molecule has 0 radical (unpaired) electrons. The van der Waals surface area contributed by atoms with Crippen molar-refractivity contribution < 1.29 is 9.47 Å². The summed E-state index contributed by atoms with van der Waals surface area (Å²) in [6, 6.07) is 15.3. The normalized spacial score (nSPS) is 10.2. The predicted octanol–water partition coefficient (Wildman–Crippen LogP) is 2.70. The molecular formula is C16H18N2O2. The molecule has 0 fully saturated rings. The van der Waals surface area contributed by atoms with E-state index in [0.717, 1.165) is 22.4 Å². The standard InChI is InChI=1S/C16H18N2O2/c1-19-15-5-3-2-4-14(15)11-20-10-12-6-8-13(9-7-12)16(17)18/h2-9H,10-11H2,1H3,(H3,17,18). The zero-order chi connectivity index (χ0) is 14.4. The summed E-state index contributed by atoms with van der Waals surface area (Å²) in [5, 5.41) is 7.33. The van der Waals surface area contributed by atoms with Crippen molar-refractivity contribution in [1.29, 1.82) is 5.41 Å². The predicted molar refractivity (Wildman–Crippen MR) is 78.9 cm³/mol. The van der Waals surface area contributed by atoms with Crippen molar-refractivity contribution in [2.75, 3.05) is 7.11 Å². The fraction of sp³-hybridized carbons (Fsp3) is 0.188. The summed E-state index contributed by atoms with van der Waals surface area (Å²) >= 11 is 0. The highest BCUT2D eigenvalue weighted by molar-refractivity contribution is 5.94. The van der Waals surface area contributed by atoms with Gasteiger partial charge in [0, 0.05) is 11.1 Å². The average Bonchev–Trinajstić information content (AvgIpc) is 2.48. The van der Waals surface area contributed by atoms with Crippen LogP contribution < -0.4 is 10.5 Å². The van der Waals surface area contributed by atoms with Crippen molar-refractivity contribution in [2.24, 2.45) is 5.73 Å². The second kappa shape index (κ2) is 6.73. The first-order chi connectivity index (χ1) is 9.70. The number of methoxy groups -OCH3 is 1. The van der Waals surface area contributed by atoms with Crippen molar-refractivity contribution in [2.45, 2.75) is 13.2 Å². The van der Waals surface area contributed by atoms with E-state index in [1.54, 1.807) is 7.11 Å². The van der Waals surface area contributed by atoms with Crippen LogP contribution in [0, 0.1) is 5.41 Å². The van der Waals surface area contributed by atoms with Gasteiger partial charge in [0.25, 0.3) is 0 Å². The lowest BCUT2D eigenvalue weighted by Gasteiger charge is -2.09. The molecule has 0 aromatic heterocycles. The number of hydrogen-bond donors (Lipinski definition) is 2. The van der Waals surface area contributed by atoms with E-state index >= 15 is 0 Å². The Bertz CT molecular complexity index is 579. The summed E-state index contributed by atoms with van der Waals surface area (Å²) in [5.41, 5.74) is 8.20. The molecule has 0 saturated carbocycles. The van der Waals surface area contributed by atoms with E-state index in [4.69, 9.17) is 20.6 Å². The highest BCUT2D eigenvalue weighted by atomic mass is 16.5. The number of ether oxygens (including phenoxy) is 2. The van der Waals surface area contributed by atoms with Crippen molar-refractivity contribution in [3.8, 4) is 5.75 Å². The zero-order valence-electron chi connectivity index (χ0n) is 11.4. The Labute approximate surface area is 118 Å². The molecule has 2 aromatic rings. The van der Waals surface area contributed by atoms with E-state index in [1.165, 1.54) is 0 Å². The second-order valence-corrected chi connectivity index (χ2v) is 4.42. The van der Waals surface area contributed by atoms with Crippen LogP contribution in [-0.2, 0) is 18.0 Å². The molecule has 0 spiro atoms. The third kappa shape index (κ3) is 3.59. The van der Waals surface area contributed by atoms with Crippen LogP contribution in [0.5, 0.6) is 5.75 Å². The van der Waals surface area contributed by atoms with Crippen LogP contribution in [0.2, 0.25) is 0 Å². The van der Waals surface area contributed by atoms with Gasteiger partial charge in [-0.1, -0.05) is 42.5 Å². The topological polar surface area (TPSA) is 68.3 Å². The Morgan fingerprint density at radius 2 is 1.75 bits per heavy atom. The fourth-order valence-corrected chi connectivity index (χ4v) is 1.88. The molecular weight excluding hydrogens is 252 g/mol. The van der Waals surface area contributed by atoms with Gasteiger partial charge in [0.05, 0.1) is 20.3 Å². The number of nitrogens with two attached hydrogens (primary N) is 1. The lowest BCUT2D eigenvalue weighted by Crippen LogP contribution is -2.10. The average molecular weight is 270 g/mol. The largest absolute Gasteiger partial charge is 0.496 e. The maximum atomic E-state index is 7.33. The molecule has 4 nitrogen and oxygen atoms in total. The van der Waals surface area contributed by atoms with Gasteiger partial charge in [-0.15, -0.1) is 0 Å². The number of para-hydroxylation sites is 1. The van der Waals surface area contributed by atoms with E-state index < -0.39 is 0 Å². The van der Waals surface area contributed by atoms with E-state index in [1.807, 2.05) is 48.5 Å². The molecule has 0 aliphatic carbocycles. The quantitative estimate of drug-likeness (QED) is 0.626. The van der Waals surface area contributed by atoms with E-state index in [2.05, 4.69) is 0 Å². The maximum absolute atomic E-state index is 7.33. The lowest BCUT2D eigenvalue weighted by atomic mass is 10.1. The molecule has 0 heterocycles. The number of hydrogen-bond acceptors (Lipinski definition) is 3. The van der Waals surface area contributed by atoms with Gasteiger partial charge in [-0.3, -0.25) is 5.41 Å². The van der Waals surface area contributed by atoms with Crippen LogP contribution in [0.15, 0.2) is 48.5 Å². The van der Waals surface area contributed by atoms with E-state index in [-0.39, 0.29) is 5.84 Å². The molecule has 0 atom stereocenters. The Hall–Kier alpha value is -2.33. The first-order valence-corrected chi connectivity index (χ1v) is 6.33. The van der Waals surface area contributed by atoms with Crippen LogP contribution >= 0.6 is 0 Å². The van der Waals surface area contributed by atoms with E-state index in [9.17, 15) is 0 Å². The van der Waals surface area contributed by atoms with Gasteiger partial charge in [-0.05, 0) is 11.6 Å². The van der Waals surface area contributed by atoms with Gasteiger partial charge in [0.2, 0.25) is 0 Å². The summed E-state index contributed by atoms with van der Waals surface area (Å²) < 4.78 is 11.0. The minimum absolute atomic E-state index is 0.0755. The summed E-state index contributed by atoms with van der Waals surface area (Å²) in [7, 11) is 1.65. The zero-order valence-corrected chi connectivity index (χ0v) is 11.4. The third-order valence-corrected chi connectivity index (χ3v) is 2.98. The van der Waals surface area contributed by atoms with Gasteiger partial charge >= 0.3 is 0 Å². The van der Waals surface area contributed by atoms with Crippen LogP contribution in [-0.4, -0.2) is 12.9 Å². The van der Waals surface area contributed by atoms with Crippen LogP contribution in [0.25, 0.3) is 0 Å². The van der Waals surface area contributed by atoms with Gasteiger partial charge in [0.15, 0.2) is 0 Å². The van der Waals surface area contributed by atoms with Crippen molar-refractivity contribution in [3.63, 3.8) is 0 Å². The summed E-state index contributed by atoms with van der Waals surface area (Å²) in [6.07, 6.45) is 0. The van der Waals surface area contributed by atoms with Crippen LogP contribution in [0.1, 0.15) is 16.7 Å². The molecule has 2 aromatic carbocycles. The molecule has 0 bridgehead atoms. The number of nitrogens with one attached hydrogen (secondary N) is 1. The summed E-state index contributed by atoms with van der Waals surface area (Å²) in [4.78, 5) is 0. The van der Waals surface area contributed by atoms with Crippen molar-refractivity contribution >= 4 is 5.84 Å². The smallest absolute Gasteiger partial charge is 0.124 e. The second-order valence-electron chi connectivity index (χ2n) is 4.42. The molecule has 104 valence electrons. The number of amidine groups is 1. The van der Waals surface area contributed by atoms with Crippen molar-refractivity contribution in [1.82, 2.24) is 0 Å². The highest BCUT2D eigenvalue weighted by Crippen LogP contribution is 2.18. The molecule has 0 aliphatic rings. The molecule has 0 amide bonds. The van der Waals surface area contributed by atoms with Crippen LogP contribution in [0.3, 0.4) is 0 Å². The summed E-state index contributed by atoms with van der Waals surface area (Å²) in [5.74, 6) is 0.908. The molecule has 2 rings (SSSR count). The number of rotatable bonds is 6. The monoisotopic (exact) mass is 270 g/mol. The fourth-order valence-electron chi connectivity index (χ4n) is 1.88. The van der Waals surface area contributed by atoms with Gasteiger partial charge in [0.1, 0.15) is 11.6 Å². The molecule has 0 saturated heterocycles. The molecule has 3 N–H and O–H groups in total. The van der Waals surface area contributed by atoms with Gasteiger partial charge < -0.3 is 15.2 Å². The molecule has 20 heavy (non-hydrogen) atoms. The van der Waals surface area contributed by atoms with Crippen LogP contribution in [0.4, 0.5) is 0 Å². The maximum Gasteiger partial charge on any atom is 0.124 e. The lowest BCUT2D eigenvalue weighted by molar-refractivity contribution is 0.105. The first kappa shape index (κ1) is 14.1.